The number of fused-ring (bicyclic) bond motifs is 4. The molecule has 0 aliphatic carbocycles. The van der Waals surface area contributed by atoms with Gasteiger partial charge >= 0.3 is 6.03 Å². The van der Waals surface area contributed by atoms with Crippen molar-refractivity contribution in [1.82, 2.24) is 9.88 Å². The molecule has 174 valence electrons. The Morgan fingerprint density at radius 3 is 2.54 bits per heavy atom. The zero-order chi connectivity index (χ0) is 24.3. The van der Waals surface area contributed by atoms with Crippen molar-refractivity contribution in [2.45, 2.75) is 18.5 Å². The van der Waals surface area contributed by atoms with Gasteiger partial charge in [0.25, 0.3) is 5.91 Å². The smallest absolute Gasteiger partial charge is 0.332 e. The number of methoxy groups -OCH3 is 1. The number of anilines is 1. The zero-order valence-corrected chi connectivity index (χ0v) is 18.7. The highest BCUT2D eigenvalue weighted by atomic mass is 16.5. The summed E-state index contributed by atoms with van der Waals surface area (Å²) in [6, 6.07) is 19.3. The summed E-state index contributed by atoms with van der Waals surface area (Å²) in [7, 11) is 1.58. The molecule has 8 heteroatoms. The normalized spacial score (nSPS) is 19.1. The zero-order valence-electron chi connectivity index (χ0n) is 18.7. The summed E-state index contributed by atoms with van der Waals surface area (Å²) in [4.78, 5) is 44.8. The van der Waals surface area contributed by atoms with Crippen molar-refractivity contribution >= 4 is 34.5 Å². The van der Waals surface area contributed by atoms with E-state index < -0.39 is 24.1 Å². The Balaban J connectivity index is 1.51. The topological polar surface area (TPSA) is 106 Å². The predicted molar refractivity (Wildman–Crippen MR) is 126 cm³/mol. The number of carboxylic acid groups (broad SMARTS) is 1. The van der Waals surface area contributed by atoms with Crippen LogP contribution in [-0.2, 0) is 11.2 Å². The van der Waals surface area contributed by atoms with Crippen LogP contribution in [0.15, 0.2) is 72.8 Å². The third-order valence-corrected chi connectivity index (χ3v) is 6.82. The van der Waals surface area contributed by atoms with Crippen molar-refractivity contribution in [3.05, 3.63) is 95.2 Å². The minimum atomic E-state index is -1.32. The van der Waals surface area contributed by atoms with Gasteiger partial charge in [0.1, 0.15) is 17.8 Å². The van der Waals surface area contributed by atoms with E-state index >= 15 is 0 Å². The van der Waals surface area contributed by atoms with Crippen molar-refractivity contribution in [2.75, 3.05) is 12.0 Å². The number of carboxylic acids is 1. The van der Waals surface area contributed by atoms with Crippen LogP contribution in [0.3, 0.4) is 0 Å². The number of hydrogen-bond acceptors (Lipinski definition) is 5. The van der Waals surface area contributed by atoms with E-state index in [1.807, 2.05) is 48.5 Å². The number of amides is 3. The predicted octanol–water partition coefficient (Wildman–Crippen LogP) is 3.02. The van der Waals surface area contributed by atoms with E-state index in [4.69, 9.17) is 4.74 Å². The summed E-state index contributed by atoms with van der Waals surface area (Å²) in [6.45, 7) is 0. The monoisotopic (exact) mass is 466 g/mol. The largest absolute Gasteiger partial charge is 0.545 e. The number of nitrogens with zero attached hydrogens (tertiary/aromatic N) is 2. The molecule has 0 spiro atoms. The Hall–Kier alpha value is -4.59. The van der Waals surface area contributed by atoms with Crippen LogP contribution in [0.25, 0.3) is 10.9 Å². The summed E-state index contributed by atoms with van der Waals surface area (Å²) in [5, 5.41) is 12.2. The molecule has 1 saturated heterocycles. The first-order chi connectivity index (χ1) is 17.0. The molecule has 2 atom stereocenters. The van der Waals surface area contributed by atoms with E-state index in [2.05, 4.69) is 4.98 Å². The Morgan fingerprint density at radius 2 is 1.80 bits per heavy atom. The Morgan fingerprint density at radius 1 is 1.03 bits per heavy atom. The van der Waals surface area contributed by atoms with E-state index in [0.29, 0.717) is 17.9 Å². The van der Waals surface area contributed by atoms with Crippen LogP contribution in [0.4, 0.5) is 10.5 Å². The van der Waals surface area contributed by atoms with Crippen LogP contribution in [0.5, 0.6) is 5.75 Å². The van der Waals surface area contributed by atoms with Gasteiger partial charge in [-0.3, -0.25) is 9.69 Å². The molecule has 4 aromatic rings. The first-order valence-corrected chi connectivity index (χ1v) is 11.2. The number of H-pyrrole nitrogens is 1. The Bertz CT molecular complexity index is 1510. The lowest BCUT2D eigenvalue weighted by Gasteiger charge is -2.36. The van der Waals surface area contributed by atoms with E-state index in [9.17, 15) is 19.5 Å². The molecule has 1 fully saturated rings. The number of aromatic amines is 1. The lowest BCUT2D eigenvalue weighted by atomic mass is 9.89. The lowest BCUT2D eigenvalue weighted by molar-refractivity contribution is -0.255. The lowest BCUT2D eigenvalue weighted by Crippen LogP contribution is -2.44. The van der Waals surface area contributed by atoms with Gasteiger partial charge in [-0.1, -0.05) is 42.5 Å². The molecule has 0 unspecified atom stereocenters. The number of para-hydroxylation sites is 1. The number of urea groups is 1. The van der Waals surface area contributed by atoms with Crippen LogP contribution in [0.2, 0.25) is 0 Å². The number of benzene rings is 3. The van der Waals surface area contributed by atoms with Gasteiger partial charge in [0.05, 0.1) is 18.8 Å². The number of ether oxygens (including phenoxy) is 1. The molecule has 0 bridgehead atoms. The highest BCUT2D eigenvalue weighted by Crippen LogP contribution is 2.45. The van der Waals surface area contributed by atoms with Crippen molar-refractivity contribution in [3.8, 4) is 5.75 Å². The van der Waals surface area contributed by atoms with Gasteiger partial charge in [-0.05, 0) is 47.0 Å². The number of aromatic carboxylic acids is 1. The van der Waals surface area contributed by atoms with Crippen molar-refractivity contribution in [1.29, 1.82) is 0 Å². The fourth-order valence-corrected chi connectivity index (χ4v) is 5.22. The van der Waals surface area contributed by atoms with Gasteiger partial charge in [-0.15, -0.1) is 0 Å². The van der Waals surface area contributed by atoms with Crippen molar-refractivity contribution < 1.29 is 24.2 Å². The maximum atomic E-state index is 13.8. The van der Waals surface area contributed by atoms with Crippen molar-refractivity contribution in [2.24, 2.45) is 0 Å². The molecule has 2 aliphatic rings. The minimum absolute atomic E-state index is 0.0266. The molecule has 8 nitrogen and oxygen atoms in total. The number of nitrogens with one attached hydrogen (secondary N) is 1. The highest BCUT2D eigenvalue weighted by molar-refractivity contribution is 6.22. The molecule has 3 heterocycles. The van der Waals surface area contributed by atoms with E-state index in [0.717, 1.165) is 32.6 Å². The molecular formula is C27H20N3O5-. The van der Waals surface area contributed by atoms with Gasteiger partial charge in [-0.2, -0.15) is 0 Å². The summed E-state index contributed by atoms with van der Waals surface area (Å²) in [5.74, 6) is -1.02. The molecule has 1 aromatic heterocycles. The fourth-order valence-electron chi connectivity index (χ4n) is 5.22. The second-order valence-corrected chi connectivity index (χ2v) is 8.66. The molecule has 35 heavy (non-hydrogen) atoms. The number of imide groups is 1. The summed E-state index contributed by atoms with van der Waals surface area (Å²) in [5.41, 5.74) is 3.92. The summed E-state index contributed by atoms with van der Waals surface area (Å²) >= 11 is 0. The third-order valence-electron chi connectivity index (χ3n) is 6.82. The molecule has 6 rings (SSSR count). The quantitative estimate of drug-likeness (QED) is 0.466. The molecule has 3 amide bonds. The third kappa shape index (κ3) is 3.10. The summed E-state index contributed by atoms with van der Waals surface area (Å²) < 4.78 is 5.43. The first-order valence-electron chi connectivity index (χ1n) is 11.2. The maximum Gasteiger partial charge on any atom is 0.332 e. The van der Waals surface area contributed by atoms with E-state index in [1.54, 1.807) is 12.0 Å². The second-order valence-electron chi connectivity index (χ2n) is 8.66. The number of carbonyl (C=O) groups excluding carboxylic acids is 3. The average molecular weight is 466 g/mol. The molecule has 3 aromatic carbocycles. The summed E-state index contributed by atoms with van der Waals surface area (Å²) in [6.07, 6.45) is 0.373. The standard InChI is InChI=1S/C27H21N3O5/c1-35-18-6-4-5-16(13-18)24-23-20(19-7-2-3-8-21(19)28-23)14-22-25(31)29(27(34)30(22)24)17-11-9-15(10-12-17)26(32)33/h2-13,22,24,28H,14H2,1H3,(H,32,33)/p-1/t22-,24-/m0/s1. The van der Waals surface area contributed by atoms with Crippen LogP contribution >= 0.6 is 0 Å². The maximum absolute atomic E-state index is 13.8. The Labute approximate surface area is 200 Å². The molecule has 2 aliphatic heterocycles. The molecular weight excluding hydrogens is 446 g/mol. The van der Waals surface area contributed by atoms with Crippen molar-refractivity contribution in [3.63, 3.8) is 0 Å². The van der Waals surface area contributed by atoms with Gasteiger partial charge in [-0.25, -0.2) is 9.69 Å². The van der Waals surface area contributed by atoms with Crippen LogP contribution in [0.1, 0.15) is 33.2 Å². The number of hydrogen-bond donors (Lipinski definition) is 1. The van der Waals surface area contributed by atoms with Gasteiger partial charge in [0, 0.05) is 23.0 Å². The van der Waals surface area contributed by atoms with E-state index in [-0.39, 0.29) is 11.5 Å². The van der Waals surface area contributed by atoms with Crippen LogP contribution in [0, 0.1) is 0 Å². The van der Waals surface area contributed by atoms with Crippen LogP contribution < -0.4 is 14.7 Å². The van der Waals surface area contributed by atoms with Crippen LogP contribution in [-0.4, -0.2) is 40.9 Å². The first kappa shape index (κ1) is 21.0. The average Bonchev–Trinajstić information content (AvgIpc) is 3.37. The molecule has 0 radical (unpaired) electrons. The second kappa shape index (κ2) is 7.73. The van der Waals surface area contributed by atoms with Gasteiger partial charge in [0.2, 0.25) is 0 Å². The number of carbonyl (C=O) groups is 3. The molecule has 1 N–H and O–H groups in total. The number of rotatable bonds is 4. The Kier molecular flexibility index (Phi) is 4.63. The van der Waals surface area contributed by atoms with Gasteiger partial charge < -0.3 is 19.6 Å². The highest BCUT2D eigenvalue weighted by Gasteiger charge is 2.53. The van der Waals surface area contributed by atoms with Gasteiger partial charge in [0.15, 0.2) is 0 Å². The number of aromatic nitrogens is 1. The minimum Gasteiger partial charge on any atom is -0.545 e. The molecule has 0 saturated carbocycles. The fraction of sp³-hybridized carbons (Fsp3) is 0.148. The van der Waals surface area contributed by atoms with E-state index in [1.165, 1.54) is 24.3 Å². The SMILES string of the molecule is COc1cccc([C@H]2c3[nH]c4ccccc4c3C[C@H]3C(=O)N(c4ccc(C(=O)[O-])cc4)C(=O)N23)c1.